The average molecular weight is 557 g/mol. The van der Waals surface area contributed by atoms with Crippen LogP contribution in [0.2, 0.25) is 5.02 Å². The second kappa shape index (κ2) is 12.4. The zero-order chi connectivity index (χ0) is 27.1. The van der Waals surface area contributed by atoms with Crippen LogP contribution in [0.4, 0.5) is 4.79 Å². The number of benzene rings is 3. The molecule has 3 aromatic rings. The molecule has 0 saturated carbocycles. The molecule has 4 rings (SSSR count). The van der Waals surface area contributed by atoms with Crippen molar-refractivity contribution in [2.45, 2.75) is 24.8 Å². The van der Waals surface area contributed by atoms with Crippen molar-refractivity contribution in [2.24, 2.45) is 5.92 Å². The molecule has 0 aromatic heterocycles. The summed E-state index contributed by atoms with van der Waals surface area (Å²) in [5.74, 6) is -0.700. The van der Waals surface area contributed by atoms with E-state index in [-0.39, 0.29) is 29.1 Å². The van der Waals surface area contributed by atoms with E-state index in [1.54, 1.807) is 42.2 Å². The van der Waals surface area contributed by atoms with E-state index < -0.39 is 15.9 Å². The lowest BCUT2D eigenvalue weighted by atomic mass is 9.98. The van der Waals surface area contributed by atoms with Crippen LogP contribution >= 0.6 is 11.6 Å². The summed E-state index contributed by atoms with van der Waals surface area (Å²) in [7, 11) is -4.08. The van der Waals surface area contributed by atoms with E-state index >= 15 is 0 Å². The highest BCUT2D eigenvalue weighted by Gasteiger charge is 2.25. The molecule has 1 N–H and O–H groups in total. The Bertz CT molecular complexity index is 1380. The van der Waals surface area contributed by atoms with E-state index in [9.17, 15) is 18.0 Å². The molecule has 0 aliphatic carbocycles. The minimum atomic E-state index is -4.08. The summed E-state index contributed by atoms with van der Waals surface area (Å²) in [6.45, 7) is 3.63. The van der Waals surface area contributed by atoms with Gasteiger partial charge in [-0.3, -0.25) is 4.79 Å². The molecular formula is C28H29ClN2O6S. The van der Waals surface area contributed by atoms with Gasteiger partial charge in [0.1, 0.15) is 6.61 Å². The Balaban J connectivity index is 1.34. The van der Waals surface area contributed by atoms with Crippen LogP contribution in [0, 0.1) is 12.8 Å². The molecule has 3 aromatic carbocycles. The molecule has 1 aliphatic heterocycles. The maximum atomic E-state index is 12.7. The molecule has 200 valence electrons. The van der Waals surface area contributed by atoms with Crippen LogP contribution in [0.3, 0.4) is 0 Å². The van der Waals surface area contributed by atoms with Crippen LogP contribution in [-0.4, -0.2) is 51.6 Å². The molecule has 1 aliphatic rings. The van der Waals surface area contributed by atoms with Crippen molar-refractivity contribution >= 4 is 33.6 Å². The quantitative estimate of drug-likeness (QED) is 0.456. The van der Waals surface area contributed by atoms with Crippen molar-refractivity contribution in [3.8, 4) is 0 Å². The van der Waals surface area contributed by atoms with Gasteiger partial charge in [-0.25, -0.2) is 17.9 Å². The topological polar surface area (TPSA) is 102 Å². The number of carbonyl (C=O) groups excluding carboxylic acids is 2. The highest BCUT2D eigenvalue weighted by Crippen LogP contribution is 2.23. The SMILES string of the molecule is Cc1c(Cl)cccc1S(=O)(=O)NC(=O)c1ccc(C[C@@H]2COCCN(C(=O)OCc3ccccc3)C2)cc1. The minimum Gasteiger partial charge on any atom is -0.445 e. The Kier molecular flexibility index (Phi) is 9.04. The first kappa shape index (κ1) is 27.6. The first-order valence-electron chi connectivity index (χ1n) is 12.2. The van der Waals surface area contributed by atoms with E-state index in [0.717, 1.165) is 11.1 Å². The summed E-state index contributed by atoms with van der Waals surface area (Å²) < 4.78 is 38.7. The third-order valence-electron chi connectivity index (χ3n) is 6.28. The van der Waals surface area contributed by atoms with Crippen LogP contribution in [0.1, 0.15) is 27.0 Å². The molecule has 10 heteroatoms. The second-order valence-corrected chi connectivity index (χ2v) is 11.2. The van der Waals surface area contributed by atoms with Gasteiger partial charge >= 0.3 is 6.09 Å². The number of carbonyl (C=O) groups is 2. The van der Waals surface area contributed by atoms with E-state index in [4.69, 9.17) is 21.1 Å². The number of nitrogens with one attached hydrogen (secondary N) is 1. The molecule has 1 fully saturated rings. The zero-order valence-electron chi connectivity index (χ0n) is 20.9. The predicted octanol–water partition coefficient (Wildman–Crippen LogP) is 4.59. The third-order valence-corrected chi connectivity index (χ3v) is 8.16. The smallest absolute Gasteiger partial charge is 0.410 e. The van der Waals surface area contributed by atoms with Gasteiger partial charge in [0.25, 0.3) is 15.9 Å². The molecule has 38 heavy (non-hydrogen) atoms. The highest BCUT2D eigenvalue weighted by molar-refractivity contribution is 7.90. The number of rotatable bonds is 7. The summed E-state index contributed by atoms with van der Waals surface area (Å²) in [6.07, 6.45) is 0.234. The molecule has 0 bridgehead atoms. The molecule has 1 heterocycles. The normalized spacial score (nSPS) is 15.9. The van der Waals surface area contributed by atoms with Crippen molar-refractivity contribution in [3.63, 3.8) is 0 Å². The average Bonchev–Trinajstić information content (AvgIpc) is 3.15. The summed E-state index contributed by atoms with van der Waals surface area (Å²) in [6, 6.07) is 20.7. The number of nitrogens with zero attached hydrogens (tertiary/aromatic N) is 1. The summed E-state index contributed by atoms with van der Waals surface area (Å²) in [4.78, 5) is 26.9. The van der Waals surface area contributed by atoms with Crippen molar-refractivity contribution in [3.05, 3.63) is 100 Å². The Morgan fingerprint density at radius 2 is 1.76 bits per heavy atom. The lowest BCUT2D eigenvalue weighted by Gasteiger charge is -2.23. The van der Waals surface area contributed by atoms with Gasteiger partial charge in [-0.1, -0.05) is 60.1 Å². The van der Waals surface area contributed by atoms with Crippen LogP contribution < -0.4 is 4.72 Å². The highest BCUT2D eigenvalue weighted by atomic mass is 35.5. The fraction of sp³-hybridized carbons (Fsp3) is 0.286. The maximum Gasteiger partial charge on any atom is 0.410 e. The van der Waals surface area contributed by atoms with Gasteiger partial charge in [-0.15, -0.1) is 0 Å². The standard InChI is InChI=1S/C28H29ClN2O6S/c1-20-25(29)8-5-9-26(20)38(34,35)30-27(32)24-12-10-21(11-13-24)16-23-17-31(14-15-36-18-23)28(33)37-19-22-6-3-2-4-7-22/h2-13,23H,14-19H2,1H3,(H,30,32)/t23-/m0/s1. The predicted molar refractivity (Wildman–Crippen MR) is 143 cm³/mol. The third kappa shape index (κ3) is 7.12. The Morgan fingerprint density at radius 1 is 1.03 bits per heavy atom. The molecule has 0 radical (unpaired) electrons. The number of sulfonamides is 1. The van der Waals surface area contributed by atoms with Crippen molar-refractivity contribution in [1.29, 1.82) is 0 Å². The van der Waals surface area contributed by atoms with Gasteiger partial charge in [0.15, 0.2) is 0 Å². The molecule has 0 unspecified atom stereocenters. The number of halogens is 1. The number of ether oxygens (including phenoxy) is 2. The van der Waals surface area contributed by atoms with Gasteiger partial charge < -0.3 is 14.4 Å². The largest absolute Gasteiger partial charge is 0.445 e. The molecular weight excluding hydrogens is 528 g/mol. The summed E-state index contributed by atoms with van der Waals surface area (Å²) in [5.41, 5.74) is 2.43. The van der Waals surface area contributed by atoms with E-state index in [1.165, 1.54) is 12.1 Å². The van der Waals surface area contributed by atoms with E-state index in [0.29, 0.717) is 43.3 Å². The minimum absolute atomic E-state index is 0.0348. The van der Waals surface area contributed by atoms with Crippen molar-refractivity contribution in [1.82, 2.24) is 9.62 Å². The van der Waals surface area contributed by atoms with Gasteiger partial charge in [-0.05, 0) is 54.3 Å². The monoisotopic (exact) mass is 556 g/mol. The van der Waals surface area contributed by atoms with Crippen LogP contribution in [0.15, 0.2) is 77.7 Å². The molecule has 8 nitrogen and oxygen atoms in total. The van der Waals surface area contributed by atoms with Crippen LogP contribution in [0.5, 0.6) is 0 Å². The van der Waals surface area contributed by atoms with Crippen LogP contribution in [-0.2, 0) is 32.5 Å². The van der Waals surface area contributed by atoms with Crippen LogP contribution in [0.25, 0.3) is 0 Å². The molecule has 2 amide bonds. The molecule has 1 saturated heterocycles. The lowest BCUT2D eigenvalue weighted by Crippen LogP contribution is -2.36. The van der Waals surface area contributed by atoms with E-state index in [1.807, 2.05) is 30.3 Å². The maximum absolute atomic E-state index is 12.7. The molecule has 1 atom stereocenters. The van der Waals surface area contributed by atoms with Gasteiger partial charge in [0.2, 0.25) is 0 Å². The second-order valence-electron chi connectivity index (χ2n) is 9.13. The summed E-state index contributed by atoms with van der Waals surface area (Å²) >= 11 is 6.03. The van der Waals surface area contributed by atoms with Gasteiger partial charge in [0, 0.05) is 29.6 Å². The number of hydrogen-bond acceptors (Lipinski definition) is 6. The Hall–Kier alpha value is -3.40. The number of amides is 2. The molecule has 0 spiro atoms. The van der Waals surface area contributed by atoms with Gasteiger partial charge in [-0.2, -0.15) is 0 Å². The lowest BCUT2D eigenvalue weighted by molar-refractivity contribution is 0.0914. The number of hydrogen-bond donors (Lipinski definition) is 1. The fourth-order valence-electron chi connectivity index (χ4n) is 4.22. The van der Waals surface area contributed by atoms with Crippen molar-refractivity contribution in [2.75, 3.05) is 26.3 Å². The van der Waals surface area contributed by atoms with Gasteiger partial charge in [0.05, 0.1) is 18.1 Å². The summed E-state index contributed by atoms with van der Waals surface area (Å²) in [5, 5.41) is 0.301. The van der Waals surface area contributed by atoms with Crippen molar-refractivity contribution < 1.29 is 27.5 Å². The Labute approximate surface area is 227 Å². The first-order valence-corrected chi connectivity index (χ1v) is 14.0. The fourth-order valence-corrected chi connectivity index (χ4v) is 5.69. The van der Waals surface area contributed by atoms with E-state index in [2.05, 4.69) is 4.72 Å². The Morgan fingerprint density at radius 3 is 2.50 bits per heavy atom. The first-order chi connectivity index (χ1) is 18.2. The zero-order valence-corrected chi connectivity index (χ0v) is 22.5.